The van der Waals surface area contributed by atoms with Gasteiger partial charge in [-0.05, 0) is 24.6 Å². The lowest BCUT2D eigenvalue weighted by Gasteiger charge is -2.10. The summed E-state index contributed by atoms with van der Waals surface area (Å²) in [5.41, 5.74) is 4.70. The van der Waals surface area contributed by atoms with Gasteiger partial charge >= 0.3 is 5.97 Å². The number of carbonyl (C=O) groups excluding carboxylic acids is 1. The number of ether oxygens (including phenoxy) is 1. The summed E-state index contributed by atoms with van der Waals surface area (Å²) in [6, 6.07) is 5.44. The third-order valence-corrected chi connectivity index (χ3v) is 5.06. The zero-order chi connectivity index (χ0) is 15.1. The van der Waals surface area contributed by atoms with E-state index >= 15 is 0 Å². The molecule has 110 valence electrons. The summed E-state index contributed by atoms with van der Waals surface area (Å²) in [5, 5.41) is -1.09. The molecule has 0 saturated heterocycles. The standard InChI is InChI=1S/C13H16FNO4S/c1-3-19-12(16)13(15)10(11(13)20(2,17)18)8-5-4-6-9(14)7-8/h4-7,10-11H,3,15H2,1-2H3/t10-,11-,13-/m0/s1. The lowest BCUT2D eigenvalue weighted by Crippen LogP contribution is -2.41. The molecule has 1 aliphatic carbocycles. The molecule has 20 heavy (non-hydrogen) atoms. The van der Waals surface area contributed by atoms with Gasteiger partial charge < -0.3 is 10.5 Å². The fourth-order valence-electron chi connectivity index (χ4n) is 2.63. The largest absolute Gasteiger partial charge is 0.465 e. The molecule has 0 heterocycles. The zero-order valence-electron chi connectivity index (χ0n) is 11.2. The van der Waals surface area contributed by atoms with Crippen LogP contribution in [-0.2, 0) is 19.4 Å². The van der Waals surface area contributed by atoms with Gasteiger partial charge in [-0.15, -0.1) is 0 Å². The molecule has 1 fully saturated rings. The van der Waals surface area contributed by atoms with Crippen molar-refractivity contribution < 1.29 is 22.3 Å². The van der Waals surface area contributed by atoms with E-state index in [0.717, 1.165) is 6.26 Å². The lowest BCUT2D eigenvalue weighted by atomic mass is 10.1. The molecule has 7 heteroatoms. The van der Waals surface area contributed by atoms with Gasteiger partial charge in [0, 0.05) is 12.2 Å². The smallest absolute Gasteiger partial charge is 0.328 e. The molecule has 0 unspecified atom stereocenters. The highest BCUT2D eigenvalue weighted by Gasteiger charge is 2.73. The third-order valence-electron chi connectivity index (χ3n) is 3.48. The van der Waals surface area contributed by atoms with Crippen molar-refractivity contribution in [3.63, 3.8) is 0 Å². The fraction of sp³-hybridized carbons (Fsp3) is 0.462. The van der Waals surface area contributed by atoms with Crippen molar-refractivity contribution in [2.24, 2.45) is 5.73 Å². The van der Waals surface area contributed by atoms with Crippen molar-refractivity contribution in [2.45, 2.75) is 23.6 Å². The van der Waals surface area contributed by atoms with Gasteiger partial charge in [-0.3, -0.25) is 0 Å². The molecular formula is C13H16FNO4S. The number of sulfone groups is 1. The Bertz CT molecular complexity index is 646. The predicted molar refractivity (Wildman–Crippen MR) is 71.3 cm³/mol. The maximum atomic E-state index is 13.3. The minimum absolute atomic E-state index is 0.101. The van der Waals surface area contributed by atoms with Crippen molar-refractivity contribution in [1.29, 1.82) is 0 Å². The average molecular weight is 301 g/mol. The molecule has 2 N–H and O–H groups in total. The van der Waals surface area contributed by atoms with E-state index in [4.69, 9.17) is 10.5 Å². The van der Waals surface area contributed by atoms with Gasteiger partial charge in [0.15, 0.2) is 9.84 Å². The number of benzene rings is 1. The van der Waals surface area contributed by atoms with Gasteiger partial charge in [0.05, 0.1) is 11.9 Å². The molecule has 0 aromatic heterocycles. The van der Waals surface area contributed by atoms with Crippen LogP contribution in [0.15, 0.2) is 24.3 Å². The van der Waals surface area contributed by atoms with Crippen molar-refractivity contribution in [2.75, 3.05) is 12.9 Å². The molecular weight excluding hydrogens is 285 g/mol. The number of carbonyl (C=O) groups is 1. The summed E-state index contributed by atoms with van der Waals surface area (Å²) >= 11 is 0. The highest BCUT2D eigenvalue weighted by molar-refractivity contribution is 7.91. The Morgan fingerprint density at radius 2 is 2.15 bits per heavy atom. The molecule has 0 bridgehead atoms. The monoisotopic (exact) mass is 301 g/mol. The number of halogens is 1. The molecule has 0 spiro atoms. The van der Waals surface area contributed by atoms with Crippen molar-refractivity contribution in [3.05, 3.63) is 35.6 Å². The van der Waals surface area contributed by atoms with Crippen molar-refractivity contribution in [1.82, 2.24) is 0 Å². The Morgan fingerprint density at radius 1 is 1.50 bits per heavy atom. The number of hydrogen-bond donors (Lipinski definition) is 1. The second kappa shape index (κ2) is 4.82. The van der Waals surface area contributed by atoms with Gasteiger partial charge in [0.25, 0.3) is 0 Å². The second-order valence-electron chi connectivity index (χ2n) is 4.94. The Kier molecular flexibility index (Phi) is 3.60. The Morgan fingerprint density at radius 3 is 2.65 bits per heavy atom. The van der Waals surface area contributed by atoms with Crippen LogP contribution in [0.2, 0.25) is 0 Å². The van der Waals surface area contributed by atoms with E-state index in [1.807, 2.05) is 0 Å². The first-order chi connectivity index (χ1) is 9.22. The van der Waals surface area contributed by atoms with Crippen LogP contribution in [0.5, 0.6) is 0 Å². The molecule has 0 radical (unpaired) electrons. The Labute approximate surface area is 116 Å². The van der Waals surface area contributed by atoms with E-state index in [0.29, 0.717) is 5.56 Å². The minimum atomic E-state index is -3.56. The van der Waals surface area contributed by atoms with Crippen LogP contribution in [0.4, 0.5) is 4.39 Å². The molecule has 5 nitrogen and oxygen atoms in total. The SMILES string of the molecule is CCOC(=O)[C@]1(N)[C@@H](c2cccc(F)c2)[C@@H]1S(C)(=O)=O. The molecule has 1 aromatic rings. The van der Waals surface area contributed by atoms with Gasteiger partial charge in [-0.25, -0.2) is 17.6 Å². The van der Waals surface area contributed by atoms with Crippen LogP contribution in [0.25, 0.3) is 0 Å². The number of esters is 1. The first-order valence-electron chi connectivity index (χ1n) is 6.13. The van der Waals surface area contributed by atoms with Crippen LogP contribution in [0.3, 0.4) is 0 Å². The van der Waals surface area contributed by atoms with E-state index in [-0.39, 0.29) is 6.61 Å². The summed E-state index contributed by atoms with van der Waals surface area (Å²) in [5.74, 6) is -2.07. The minimum Gasteiger partial charge on any atom is -0.465 e. The maximum absolute atomic E-state index is 13.3. The summed E-state index contributed by atoms with van der Waals surface area (Å²) in [7, 11) is -3.56. The molecule has 3 atom stereocenters. The second-order valence-corrected chi connectivity index (χ2v) is 7.10. The summed E-state index contributed by atoms with van der Waals surface area (Å²) in [6.07, 6.45) is 1.01. The van der Waals surface area contributed by atoms with Crippen LogP contribution >= 0.6 is 0 Å². The summed E-state index contributed by atoms with van der Waals surface area (Å²) < 4.78 is 41.7. The van der Waals surface area contributed by atoms with Gasteiger partial charge in [0.1, 0.15) is 11.4 Å². The lowest BCUT2D eigenvalue weighted by molar-refractivity contribution is -0.145. The highest BCUT2D eigenvalue weighted by atomic mass is 32.2. The fourth-order valence-corrected chi connectivity index (χ4v) is 4.37. The zero-order valence-corrected chi connectivity index (χ0v) is 12.0. The molecule has 1 aromatic carbocycles. The van der Waals surface area contributed by atoms with Gasteiger partial charge in [-0.1, -0.05) is 12.1 Å². The van der Waals surface area contributed by atoms with E-state index in [2.05, 4.69) is 0 Å². The molecule has 0 aliphatic heterocycles. The summed E-state index contributed by atoms with van der Waals surface area (Å²) in [4.78, 5) is 11.9. The first-order valence-corrected chi connectivity index (χ1v) is 8.08. The quantitative estimate of drug-likeness (QED) is 0.823. The average Bonchev–Trinajstić information content (AvgIpc) is 2.98. The van der Waals surface area contributed by atoms with E-state index in [1.54, 1.807) is 13.0 Å². The molecule has 0 amide bonds. The normalized spacial score (nSPS) is 29.0. The van der Waals surface area contributed by atoms with Crippen LogP contribution in [-0.4, -0.2) is 38.0 Å². The van der Waals surface area contributed by atoms with E-state index < -0.39 is 38.3 Å². The summed E-state index contributed by atoms with van der Waals surface area (Å²) in [6.45, 7) is 1.71. The first kappa shape index (κ1) is 14.9. The van der Waals surface area contributed by atoms with Gasteiger partial charge in [0.2, 0.25) is 0 Å². The van der Waals surface area contributed by atoms with Crippen molar-refractivity contribution in [3.8, 4) is 0 Å². The van der Waals surface area contributed by atoms with E-state index in [1.165, 1.54) is 18.2 Å². The van der Waals surface area contributed by atoms with Crippen LogP contribution in [0, 0.1) is 5.82 Å². The number of rotatable bonds is 4. The number of hydrogen-bond acceptors (Lipinski definition) is 5. The number of nitrogens with two attached hydrogens (primary N) is 1. The van der Waals surface area contributed by atoms with Gasteiger partial charge in [-0.2, -0.15) is 0 Å². The maximum Gasteiger partial charge on any atom is 0.328 e. The molecule has 2 rings (SSSR count). The van der Waals surface area contributed by atoms with Crippen LogP contribution in [0.1, 0.15) is 18.4 Å². The predicted octanol–water partition coefficient (Wildman–Crippen LogP) is 0.597. The highest BCUT2D eigenvalue weighted by Crippen LogP contribution is 2.54. The third kappa shape index (κ3) is 2.31. The van der Waals surface area contributed by atoms with E-state index in [9.17, 15) is 17.6 Å². The Hall–Kier alpha value is -1.47. The van der Waals surface area contributed by atoms with Crippen molar-refractivity contribution >= 4 is 15.8 Å². The molecule has 1 aliphatic rings. The molecule has 1 saturated carbocycles. The van der Waals surface area contributed by atoms with Crippen LogP contribution < -0.4 is 5.73 Å². The topological polar surface area (TPSA) is 86.5 Å². The Balaban J connectivity index is 2.44.